The highest BCUT2D eigenvalue weighted by Gasteiger charge is 2.11. The average Bonchev–Trinajstić information content (AvgIpc) is 2.92. The molecule has 0 fully saturated rings. The molecule has 0 saturated carbocycles. The van der Waals surface area contributed by atoms with Gasteiger partial charge in [0.15, 0.2) is 0 Å². The highest BCUT2D eigenvalue weighted by Crippen LogP contribution is 2.22. The van der Waals surface area contributed by atoms with E-state index in [4.69, 9.17) is 5.11 Å². The third-order valence-electron chi connectivity index (χ3n) is 3.00. The minimum atomic E-state index is -0.118. The van der Waals surface area contributed by atoms with Crippen LogP contribution in [0.4, 0.5) is 5.69 Å². The summed E-state index contributed by atoms with van der Waals surface area (Å²) < 4.78 is 0. The van der Waals surface area contributed by atoms with Crippen molar-refractivity contribution in [3.8, 4) is 11.8 Å². The molecule has 2 aromatic rings. The molecule has 1 amide bonds. The Bertz CT molecular complexity index is 687. The van der Waals surface area contributed by atoms with Crippen LogP contribution in [-0.4, -0.2) is 17.6 Å². The van der Waals surface area contributed by atoms with Gasteiger partial charge < -0.3 is 10.4 Å². The van der Waals surface area contributed by atoms with E-state index in [0.717, 1.165) is 21.7 Å². The van der Waals surface area contributed by atoms with Gasteiger partial charge in [0, 0.05) is 12.1 Å². The van der Waals surface area contributed by atoms with Crippen LogP contribution < -0.4 is 5.32 Å². The first-order valence-corrected chi connectivity index (χ1v) is 7.50. The van der Waals surface area contributed by atoms with Gasteiger partial charge >= 0.3 is 0 Å². The van der Waals surface area contributed by atoms with Gasteiger partial charge in [-0.05, 0) is 37.1 Å². The van der Waals surface area contributed by atoms with Gasteiger partial charge in [0.05, 0.1) is 16.4 Å². The number of anilines is 1. The fourth-order valence-corrected chi connectivity index (χ4v) is 2.70. The van der Waals surface area contributed by atoms with Crippen LogP contribution in [0.15, 0.2) is 30.3 Å². The number of aliphatic hydroxyl groups is 1. The summed E-state index contributed by atoms with van der Waals surface area (Å²) in [5.74, 6) is 5.67. The van der Waals surface area contributed by atoms with Gasteiger partial charge in [0.2, 0.25) is 0 Å². The molecule has 0 unspecified atom stereocenters. The van der Waals surface area contributed by atoms with Crippen LogP contribution in [-0.2, 0) is 0 Å². The molecule has 0 bridgehead atoms. The molecule has 2 rings (SSSR count). The first-order chi connectivity index (χ1) is 10.1. The quantitative estimate of drug-likeness (QED) is 0.854. The van der Waals surface area contributed by atoms with Crippen molar-refractivity contribution in [2.75, 3.05) is 11.9 Å². The molecule has 4 heteroatoms. The van der Waals surface area contributed by atoms with Crippen molar-refractivity contribution in [2.24, 2.45) is 0 Å². The van der Waals surface area contributed by atoms with Gasteiger partial charge in [0.25, 0.3) is 5.91 Å². The summed E-state index contributed by atoms with van der Waals surface area (Å²) >= 11 is 1.36. The van der Waals surface area contributed by atoms with Crippen molar-refractivity contribution >= 4 is 22.9 Å². The summed E-state index contributed by atoms with van der Waals surface area (Å²) in [4.78, 5) is 13.7. The smallest absolute Gasteiger partial charge is 0.265 e. The molecule has 3 nitrogen and oxygen atoms in total. The first-order valence-electron chi connectivity index (χ1n) is 6.69. The number of thiophene rings is 1. The van der Waals surface area contributed by atoms with Crippen LogP contribution in [0.5, 0.6) is 0 Å². The molecular formula is C17H17NO2S. The zero-order chi connectivity index (χ0) is 15.2. The molecule has 0 saturated heterocycles. The molecule has 108 valence electrons. The lowest BCUT2D eigenvalue weighted by atomic mass is 10.1. The fraction of sp³-hybridized carbons (Fsp3) is 0.235. The van der Waals surface area contributed by atoms with Crippen molar-refractivity contribution in [1.29, 1.82) is 0 Å². The predicted octanol–water partition coefficient (Wildman–Crippen LogP) is 3.35. The van der Waals surface area contributed by atoms with Crippen LogP contribution in [0.25, 0.3) is 0 Å². The number of amides is 1. The lowest BCUT2D eigenvalue weighted by molar-refractivity contribution is 0.103. The highest BCUT2D eigenvalue weighted by molar-refractivity contribution is 7.14. The largest absolute Gasteiger partial charge is 0.395 e. The molecule has 1 heterocycles. The summed E-state index contributed by atoms with van der Waals surface area (Å²) in [7, 11) is 0. The maximum Gasteiger partial charge on any atom is 0.265 e. The van der Waals surface area contributed by atoms with Crippen LogP contribution in [0.1, 0.15) is 32.1 Å². The number of hydrogen-bond acceptors (Lipinski definition) is 3. The van der Waals surface area contributed by atoms with E-state index in [1.807, 2.05) is 38.1 Å². The Hall–Kier alpha value is -2.09. The Balaban J connectivity index is 2.13. The summed E-state index contributed by atoms with van der Waals surface area (Å²) in [6.07, 6.45) is 0.446. The van der Waals surface area contributed by atoms with E-state index in [2.05, 4.69) is 17.2 Å². The van der Waals surface area contributed by atoms with Gasteiger partial charge in [-0.1, -0.05) is 30.0 Å². The van der Waals surface area contributed by atoms with Crippen LogP contribution >= 0.6 is 11.3 Å². The molecule has 0 aliphatic rings. The number of aryl methyl sites for hydroxylation is 2. The number of nitrogens with one attached hydrogen (secondary N) is 1. The Morgan fingerprint density at radius 3 is 2.62 bits per heavy atom. The lowest BCUT2D eigenvalue weighted by Gasteiger charge is -2.10. The van der Waals surface area contributed by atoms with Gasteiger partial charge in [-0.2, -0.15) is 0 Å². The third kappa shape index (κ3) is 3.94. The summed E-state index contributed by atoms with van der Waals surface area (Å²) in [6.45, 7) is 4.00. The number of rotatable bonds is 3. The van der Waals surface area contributed by atoms with Gasteiger partial charge in [-0.25, -0.2) is 0 Å². The molecule has 2 N–H and O–H groups in total. The van der Waals surface area contributed by atoms with Crippen molar-refractivity contribution in [3.63, 3.8) is 0 Å². The minimum Gasteiger partial charge on any atom is -0.395 e. The first kappa shape index (κ1) is 15.3. The van der Waals surface area contributed by atoms with E-state index in [0.29, 0.717) is 11.3 Å². The number of carbonyl (C=O) groups is 1. The lowest BCUT2D eigenvalue weighted by Crippen LogP contribution is -2.12. The van der Waals surface area contributed by atoms with E-state index < -0.39 is 0 Å². The van der Waals surface area contributed by atoms with Gasteiger partial charge in [0.1, 0.15) is 0 Å². The molecule has 1 aromatic carbocycles. The maximum atomic E-state index is 12.3. The van der Waals surface area contributed by atoms with Gasteiger partial charge in [-0.15, -0.1) is 11.3 Å². The monoisotopic (exact) mass is 299 g/mol. The van der Waals surface area contributed by atoms with E-state index in [-0.39, 0.29) is 12.5 Å². The molecule has 0 atom stereocenters. The highest BCUT2D eigenvalue weighted by atomic mass is 32.1. The Kier molecular flexibility index (Phi) is 5.15. The standard InChI is InChI=1S/C17H17NO2S/c1-12-6-5-7-13(2)16(12)18-17(20)15-10-9-14(21-15)8-3-4-11-19/h5-7,9-10,19H,4,11H2,1-2H3,(H,18,20). The molecule has 0 radical (unpaired) electrons. The molecule has 0 aliphatic heterocycles. The van der Waals surface area contributed by atoms with Crippen LogP contribution in [0.2, 0.25) is 0 Å². The molecule has 1 aromatic heterocycles. The predicted molar refractivity (Wildman–Crippen MR) is 86.8 cm³/mol. The number of carbonyl (C=O) groups excluding carboxylic acids is 1. The molecule has 21 heavy (non-hydrogen) atoms. The normalized spacial score (nSPS) is 9.86. The minimum absolute atomic E-state index is 0.0538. The van der Waals surface area contributed by atoms with E-state index in [9.17, 15) is 4.79 Å². The number of aliphatic hydroxyl groups excluding tert-OH is 1. The second-order valence-corrected chi connectivity index (χ2v) is 5.74. The molecule has 0 aliphatic carbocycles. The zero-order valence-corrected chi connectivity index (χ0v) is 12.9. The summed E-state index contributed by atoms with van der Waals surface area (Å²) in [6, 6.07) is 9.53. The average molecular weight is 299 g/mol. The second-order valence-electron chi connectivity index (χ2n) is 4.66. The number of benzene rings is 1. The second kappa shape index (κ2) is 7.07. The van der Waals surface area contributed by atoms with Crippen molar-refractivity contribution < 1.29 is 9.90 Å². The number of para-hydroxylation sites is 1. The molecule has 0 spiro atoms. The topological polar surface area (TPSA) is 49.3 Å². The number of hydrogen-bond donors (Lipinski definition) is 2. The summed E-state index contributed by atoms with van der Waals surface area (Å²) in [5, 5.41) is 11.6. The fourth-order valence-electron chi connectivity index (χ4n) is 1.92. The Labute approximate surface area is 128 Å². The van der Waals surface area contributed by atoms with Crippen molar-refractivity contribution in [3.05, 3.63) is 51.2 Å². The summed E-state index contributed by atoms with van der Waals surface area (Å²) in [5.41, 5.74) is 2.95. The zero-order valence-electron chi connectivity index (χ0n) is 12.1. The van der Waals surface area contributed by atoms with Gasteiger partial charge in [-0.3, -0.25) is 4.79 Å². The van der Waals surface area contributed by atoms with Crippen LogP contribution in [0.3, 0.4) is 0 Å². The van der Waals surface area contributed by atoms with Crippen LogP contribution in [0, 0.1) is 25.7 Å². The van der Waals surface area contributed by atoms with E-state index >= 15 is 0 Å². The van der Waals surface area contributed by atoms with Crippen molar-refractivity contribution in [2.45, 2.75) is 20.3 Å². The Morgan fingerprint density at radius 2 is 1.95 bits per heavy atom. The van der Waals surface area contributed by atoms with Crippen molar-refractivity contribution in [1.82, 2.24) is 0 Å². The molecular weight excluding hydrogens is 282 g/mol. The maximum absolute atomic E-state index is 12.3. The third-order valence-corrected chi connectivity index (χ3v) is 4.00. The Morgan fingerprint density at radius 1 is 1.24 bits per heavy atom. The van der Waals surface area contributed by atoms with E-state index in [1.54, 1.807) is 6.07 Å². The SMILES string of the molecule is Cc1cccc(C)c1NC(=O)c1ccc(C#CCCO)s1. The van der Waals surface area contributed by atoms with E-state index in [1.165, 1.54) is 11.3 Å².